The van der Waals surface area contributed by atoms with Gasteiger partial charge in [-0.05, 0) is 54.1 Å². The first-order valence-corrected chi connectivity index (χ1v) is 13.4. The molecule has 1 aliphatic heterocycles. The van der Waals surface area contributed by atoms with Crippen LogP contribution in [0, 0.1) is 0 Å². The molecule has 12 heteroatoms. The number of phenolic OH excluding ortho intramolecular Hbond substituents is 1. The van der Waals surface area contributed by atoms with Crippen LogP contribution in [0.4, 0.5) is 11.5 Å². The molecule has 0 unspecified atom stereocenters. The highest BCUT2D eigenvalue weighted by molar-refractivity contribution is 6.30. The number of rotatable bonds is 8. The van der Waals surface area contributed by atoms with Gasteiger partial charge in [-0.25, -0.2) is 4.98 Å². The number of halogens is 2. The summed E-state index contributed by atoms with van der Waals surface area (Å²) >= 11 is 5.85. The number of pyridine rings is 2. The van der Waals surface area contributed by atoms with Crippen molar-refractivity contribution in [2.24, 2.45) is 0 Å². The van der Waals surface area contributed by atoms with E-state index in [2.05, 4.69) is 20.5 Å². The van der Waals surface area contributed by atoms with Crippen LogP contribution >= 0.6 is 24.0 Å². The quantitative estimate of drug-likeness (QED) is 0.251. The number of benzene rings is 2. The molecule has 2 aromatic carbocycles. The van der Waals surface area contributed by atoms with E-state index in [1.54, 1.807) is 47.2 Å². The van der Waals surface area contributed by atoms with Crippen LogP contribution in [-0.4, -0.2) is 64.2 Å². The zero-order chi connectivity index (χ0) is 28.8. The van der Waals surface area contributed by atoms with Crippen molar-refractivity contribution in [1.82, 2.24) is 14.5 Å². The van der Waals surface area contributed by atoms with Gasteiger partial charge in [-0.3, -0.25) is 19.3 Å². The Morgan fingerprint density at radius 1 is 0.929 bits per heavy atom. The normalized spacial score (nSPS) is 13.2. The second-order valence-electron chi connectivity index (χ2n) is 9.42. The third-order valence-corrected chi connectivity index (χ3v) is 6.96. The number of hydrogen-bond donors (Lipinski definition) is 3. The number of nitrogens with zero attached hydrogens (tertiary/aromatic N) is 3. The maximum atomic E-state index is 13.2. The Morgan fingerprint density at radius 2 is 1.69 bits per heavy atom. The number of nitrogens with one attached hydrogen (secondary N) is 2. The molecular weight excluding hydrogens is 581 g/mol. The number of aromatic hydroxyl groups is 1. The fraction of sp³-hybridized carbons (Fsp3) is 0.200. The predicted molar refractivity (Wildman–Crippen MR) is 164 cm³/mol. The Hall–Kier alpha value is -4.22. The number of carbonyl (C=O) groups is 2. The van der Waals surface area contributed by atoms with E-state index in [4.69, 9.17) is 16.3 Å². The molecule has 0 saturated carbocycles. The van der Waals surface area contributed by atoms with Crippen molar-refractivity contribution in [3.63, 3.8) is 0 Å². The molecule has 0 radical (unpaired) electrons. The van der Waals surface area contributed by atoms with Crippen molar-refractivity contribution in [3.05, 3.63) is 106 Å². The molecule has 1 aliphatic rings. The van der Waals surface area contributed by atoms with Gasteiger partial charge >= 0.3 is 0 Å². The van der Waals surface area contributed by atoms with E-state index in [0.29, 0.717) is 35.9 Å². The Labute approximate surface area is 253 Å². The lowest BCUT2D eigenvalue weighted by Gasteiger charge is -2.26. The summed E-state index contributed by atoms with van der Waals surface area (Å²) in [6.45, 7) is 4.43. The number of morpholine rings is 1. The Kier molecular flexibility index (Phi) is 10.3. The summed E-state index contributed by atoms with van der Waals surface area (Å²) in [5, 5.41) is 16.1. The largest absolute Gasteiger partial charge is 0.506 e. The highest BCUT2D eigenvalue weighted by atomic mass is 35.5. The zero-order valence-corrected chi connectivity index (χ0v) is 24.0. The Balaban J connectivity index is 0.00000405. The minimum atomic E-state index is -0.574. The summed E-state index contributed by atoms with van der Waals surface area (Å²) in [5.41, 5.74) is 1.37. The highest BCUT2D eigenvalue weighted by Gasteiger charge is 2.19. The van der Waals surface area contributed by atoms with Crippen LogP contribution in [0.5, 0.6) is 5.75 Å². The van der Waals surface area contributed by atoms with Gasteiger partial charge in [0.05, 0.1) is 29.5 Å². The summed E-state index contributed by atoms with van der Waals surface area (Å²) in [7, 11) is 0. The Bertz CT molecular complexity index is 1600. The third kappa shape index (κ3) is 7.34. The average molecular weight is 610 g/mol. The maximum Gasteiger partial charge on any atom is 0.259 e. The van der Waals surface area contributed by atoms with E-state index in [1.165, 1.54) is 30.5 Å². The topological polar surface area (TPSA) is 126 Å². The standard InChI is InChI=1S/C30H28ClN5O5.ClH/c31-22-10-11-26(32-19-22)33-29(39)24-3-1-5-25(37)27(24)34-28(38)21-8-6-20(7-9-21)23-4-2-12-36(30(23)40)14-13-35-15-17-41-18-16-35;/h1-12,19,37H,13-18H2,(H,34,38)(H,32,33,39);1H. The van der Waals surface area contributed by atoms with Crippen molar-refractivity contribution in [2.45, 2.75) is 6.54 Å². The average Bonchev–Trinajstić information content (AvgIpc) is 2.99. The van der Waals surface area contributed by atoms with Crippen LogP contribution in [0.1, 0.15) is 20.7 Å². The van der Waals surface area contributed by atoms with Crippen LogP contribution < -0.4 is 16.2 Å². The van der Waals surface area contributed by atoms with E-state index >= 15 is 0 Å². The van der Waals surface area contributed by atoms with Crippen LogP contribution in [0.25, 0.3) is 11.1 Å². The van der Waals surface area contributed by atoms with Crippen LogP contribution in [0.3, 0.4) is 0 Å². The molecule has 2 amide bonds. The molecule has 218 valence electrons. The van der Waals surface area contributed by atoms with E-state index in [0.717, 1.165) is 19.6 Å². The third-order valence-electron chi connectivity index (χ3n) is 6.73. The van der Waals surface area contributed by atoms with Gasteiger partial charge in [0.25, 0.3) is 17.4 Å². The molecule has 4 aromatic rings. The summed E-state index contributed by atoms with van der Waals surface area (Å²) in [4.78, 5) is 45.4. The second-order valence-corrected chi connectivity index (χ2v) is 9.86. The van der Waals surface area contributed by atoms with E-state index in [1.807, 2.05) is 6.07 Å². The molecule has 1 fully saturated rings. The molecule has 0 bridgehead atoms. The molecule has 42 heavy (non-hydrogen) atoms. The predicted octanol–water partition coefficient (Wildman–Crippen LogP) is 4.53. The first kappa shape index (κ1) is 30.7. The zero-order valence-electron chi connectivity index (χ0n) is 22.5. The number of carbonyl (C=O) groups excluding carboxylic acids is 2. The van der Waals surface area contributed by atoms with Crippen molar-refractivity contribution in [2.75, 3.05) is 43.5 Å². The summed E-state index contributed by atoms with van der Waals surface area (Å²) < 4.78 is 7.07. The molecule has 2 aromatic heterocycles. The van der Waals surface area contributed by atoms with E-state index in [-0.39, 0.29) is 46.3 Å². The van der Waals surface area contributed by atoms with Gasteiger partial charge in [-0.2, -0.15) is 0 Å². The lowest BCUT2D eigenvalue weighted by Crippen LogP contribution is -2.39. The summed E-state index contributed by atoms with van der Waals surface area (Å²) in [6.07, 6.45) is 3.17. The lowest BCUT2D eigenvalue weighted by atomic mass is 10.0. The first-order chi connectivity index (χ1) is 19.9. The molecule has 3 heterocycles. The number of phenols is 1. The van der Waals surface area contributed by atoms with Crippen molar-refractivity contribution in [1.29, 1.82) is 0 Å². The Morgan fingerprint density at radius 3 is 2.40 bits per heavy atom. The van der Waals surface area contributed by atoms with Gasteiger partial charge < -0.3 is 25.0 Å². The fourth-order valence-corrected chi connectivity index (χ4v) is 4.60. The molecule has 0 spiro atoms. The van der Waals surface area contributed by atoms with E-state index in [9.17, 15) is 19.5 Å². The van der Waals surface area contributed by atoms with E-state index < -0.39 is 11.8 Å². The minimum absolute atomic E-state index is 0. The lowest BCUT2D eigenvalue weighted by molar-refractivity contribution is 0.0363. The van der Waals surface area contributed by atoms with Crippen molar-refractivity contribution >= 4 is 47.3 Å². The molecule has 5 rings (SSSR count). The van der Waals surface area contributed by atoms with Gasteiger partial charge in [0, 0.05) is 49.7 Å². The van der Waals surface area contributed by atoms with Crippen LogP contribution in [0.2, 0.25) is 5.02 Å². The highest BCUT2D eigenvalue weighted by Crippen LogP contribution is 2.29. The van der Waals surface area contributed by atoms with Gasteiger partial charge in [-0.1, -0.05) is 29.8 Å². The van der Waals surface area contributed by atoms with Gasteiger partial charge in [0.1, 0.15) is 11.6 Å². The van der Waals surface area contributed by atoms with Gasteiger partial charge in [0.2, 0.25) is 0 Å². The number of aromatic nitrogens is 2. The summed E-state index contributed by atoms with van der Waals surface area (Å²) in [5.74, 6) is -1.12. The van der Waals surface area contributed by atoms with Gasteiger partial charge in [0.15, 0.2) is 0 Å². The van der Waals surface area contributed by atoms with Gasteiger partial charge in [-0.15, -0.1) is 12.4 Å². The van der Waals surface area contributed by atoms with Crippen molar-refractivity contribution in [3.8, 4) is 16.9 Å². The molecule has 0 atom stereocenters. The maximum absolute atomic E-state index is 13.2. The van der Waals surface area contributed by atoms with Crippen LogP contribution in [0.15, 0.2) is 83.9 Å². The number of amides is 2. The van der Waals surface area contributed by atoms with Crippen LogP contribution in [-0.2, 0) is 11.3 Å². The summed E-state index contributed by atoms with van der Waals surface area (Å²) in [6, 6.07) is 17.6. The molecule has 3 N–H and O–H groups in total. The number of hydrogen-bond acceptors (Lipinski definition) is 7. The van der Waals surface area contributed by atoms with Crippen molar-refractivity contribution < 1.29 is 19.4 Å². The smallest absolute Gasteiger partial charge is 0.259 e. The SMILES string of the molecule is Cl.O=C(Nc1c(O)cccc1C(=O)Nc1ccc(Cl)cn1)c1ccc(-c2cccn(CCN3CCOCC3)c2=O)cc1. The minimum Gasteiger partial charge on any atom is -0.506 e. The second kappa shape index (κ2) is 14.1. The molecular formula is C30H29Cl2N5O5. The first-order valence-electron chi connectivity index (χ1n) is 13.1. The molecule has 10 nitrogen and oxygen atoms in total. The fourth-order valence-electron chi connectivity index (χ4n) is 4.49. The number of para-hydroxylation sites is 1. The molecule has 0 aliphatic carbocycles. The monoisotopic (exact) mass is 609 g/mol. The number of anilines is 2. The molecule has 1 saturated heterocycles. The number of ether oxygens (including phenoxy) is 1.